The summed E-state index contributed by atoms with van der Waals surface area (Å²) < 4.78 is 10.4. The van der Waals surface area contributed by atoms with Crippen molar-refractivity contribution in [3.63, 3.8) is 0 Å². The third-order valence-corrected chi connectivity index (χ3v) is 3.38. The fourth-order valence-electron chi connectivity index (χ4n) is 1.96. The van der Waals surface area contributed by atoms with E-state index in [0.29, 0.717) is 24.5 Å². The van der Waals surface area contributed by atoms with Gasteiger partial charge in [-0.1, -0.05) is 18.5 Å². The quantitative estimate of drug-likeness (QED) is 0.557. The van der Waals surface area contributed by atoms with Gasteiger partial charge in [-0.25, -0.2) is 0 Å². The van der Waals surface area contributed by atoms with E-state index < -0.39 is 0 Å². The minimum Gasteiger partial charge on any atom is -0.493 e. The second-order valence-corrected chi connectivity index (χ2v) is 5.32. The van der Waals surface area contributed by atoms with Crippen LogP contribution in [-0.4, -0.2) is 26.2 Å². The van der Waals surface area contributed by atoms with E-state index in [-0.39, 0.29) is 12.0 Å². The molecule has 118 valence electrons. The number of rotatable bonds is 9. The van der Waals surface area contributed by atoms with Crippen molar-refractivity contribution in [1.82, 2.24) is 5.32 Å². The molecule has 1 N–H and O–H groups in total. The molecule has 0 saturated carbocycles. The third-order valence-electron chi connectivity index (χ3n) is 3.15. The van der Waals surface area contributed by atoms with Crippen LogP contribution in [0.15, 0.2) is 18.2 Å². The van der Waals surface area contributed by atoms with Gasteiger partial charge in [0.05, 0.1) is 13.7 Å². The SMILES string of the molecule is CCCNC(C)c1cc(Cl)ccc1OCCCC(=O)OC. The average molecular weight is 314 g/mol. The van der Waals surface area contributed by atoms with Gasteiger partial charge in [-0.3, -0.25) is 4.79 Å². The lowest BCUT2D eigenvalue weighted by atomic mass is 10.1. The molecule has 0 saturated heterocycles. The van der Waals surface area contributed by atoms with E-state index in [1.165, 1.54) is 7.11 Å². The first-order valence-electron chi connectivity index (χ1n) is 7.31. The zero-order chi connectivity index (χ0) is 15.7. The molecule has 0 amide bonds. The molecule has 1 rings (SSSR count). The van der Waals surface area contributed by atoms with Crippen LogP contribution in [0.5, 0.6) is 5.75 Å². The van der Waals surface area contributed by atoms with E-state index in [9.17, 15) is 4.79 Å². The van der Waals surface area contributed by atoms with Gasteiger partial charge in [0.15, 0.2) is 0 Å². The highest BCUT2D eigenvalue weighted by Gasteiger charge is 2.12. The Hall–Kier alpha value is -1.26. The van der Waals surface area contributed by atoms with E-state index in [0.717, 1.165) is 24.3 Å². The number of methoxy groups -OCH3 is 1. The van der Waals surface area contributed by atoms with Gasteiger partial charge >= 0.3 is 5.97 Å². The minimum atomic E-state index is -0.215. The lowest BCUT2D eigenvalue weighted by molar-refractivity contribution is -0.140. The van der Waals surface area contributed by atoms with Gasteiger partial charge in [-0.05, 0) is 44.5 Å². The monoisotopic (exact) mass is 313 g/mol. The Labute approximate surface area is 131 Å². The number of hydrogen-bond acceptors (Lipinski definition) is 4. The zero-order valence-electron chi connectivity index (χ0n) is 12.9. The van der Waals surface area contributed by atoms with Crippen molar-refractivity contribution in [2.24, 2.45) is 0 Å². The summed E-state index contributed by atoms with van der Waals surface area (Å²) in [6.07, 6.45) is 2.06. The molecule has 1 unspecified atom stereocenters. The second-order valence-electron chi connectivity index (χ2n) is 4.89. The first-order chi connectivity index (χ1) is 10.1. The molecule has 1 aromatic rings. The van der Waals surface area contributed by atoms with E-state index in [1.54, 1.807) is 0 Å². The van der Waals surface area contributed by atoms with E-state index >= 15 is 0 Å². The fourth-order valence-corrected chi connectivity index (χ4v) is 2.14. The smallest absolute Gasteiger partial charge is 0.305 e. The predicted molar refractivity (Wildman–Crippen MR) is 84.9 cm³/mol. The summed E-state index contributed by atoms with van der Waals surface area (Å²) in [5, 5.41) is 4.11. The second kappa shape index (κ2) is 9.64. The molecule has 0 aromatic heterocycles. The predicted octanol–water partition coefficient (Wildman–Crippen LogP) is 3.73. The van der Waals surface area contributed by atoms with Crippen molar-refractivity contribution in [1.29, 1.82) is 0 Å². The van der Waals surface area contributed by atoms with E-state index in [4.69, 9.17) is 16.3 Å². The van der Waals surface area contributed by atoms with Crippen LogP contribution in [0.2, 0.25) is 5.02 Å². The first kappa shape index (κ1) is 17.8. The number of nitrogens with one attached hydrogen (secondary N) is 1. The van der Waals surface area contributed by atoms with Gasteiger partial charge in [0, 0.05) is 23.0 Å². The molecular weight excluding hydrogens is 290 g/mol. The normalized spacial score (nSPS) is 12.0. The molecule has 0 aliphatic rings. The van der Waals surface area contributed by atoms with Crippen molar-refractivity contribution in [3.8, 4) is 5.75 Å². The number of benzene rings is 1. The van der Waals surface area contributed by atoms with Crippen LogP contribution in [0.25, 0.3) is 0 Å². The van der Waals surface area contributed by atoms with Gasteiger partial charge in [0.1, 0.15) is 5.75 Å². The highest BCUT2D eigenvalue weighted by atomic mass is 35.5. The maximum absolute atomic E-state index is 11.1. The molecule has 0 spiro atoms. The first-order valence-corrected chi connectivity index (χ1v) is 7.68. The van der Waals surface area contributed by atoms with Crippen LogP contribution in [0.1, 0.15) is 44.7 Å². The van der Waals surface area contributed by atoms with Crippen molar-refractivity contribution >= 4 is 17.6 Å². The summed E-state index contributed by atoms with van der Waals surface area (Å²) in [5.41, 5.74) is 1.04. The Morgan fingerprint density at radius 3 is 2.86 bits per heavy atom. The fraction of sp³-hybridized carbons (Fsp3) is 0.562. The lowest BCUT2D eigenvalue weighted by Crippen LogP contribution is -2.20. The molecule has 0 aliphatic heterocycles. The molecule has 1 aromatic carbocycles. The van der Waals surface area contributed by atoms with Gasteiger partial charge in [-0.15, -0.1) is 0 Å². The average Bonchev–Trinajstić information content (AvgIpc) is 2.49. The maximum Gasteiger partial charge on any atom is 0.305 e. The van der Waals surface area contributed by atoms with E-state index in [2.05, 4.69) is 23.9 Å². The summed E-state index contributed by atoms with van der Waals surface area (Å²) in [6, 6.07) is 5.77. The van der Waals surface area contributed by atoms with Crippen LogP contribution in [0.3, 0.4) is 0 Å². The van der Waals surface area contributed by atoms with Crippen LogP contribution in [0, 0.1) is 0 Å². The van der Waals surface area contributed by atoms with Gasteiger partial charge < -0.3 is 14.8 Å². The molecule has 1 atom stereocenters. The Bertz CT molecular complexity index is 451. The summed E-state index contributed by atoms with van der Waals surface area (Å²) in [7, 11) is 1.39. The Kier molecular flexibility index (Phi) is 8.16. The molecule has 4 nitrogen and oxygen atoms in total. The molecule has 21 heavy (non-hydrogen) atoms. The molecule has 0 fully saturated rings. The molecule has 0 bridgehead atoms. The third kappa shape index (κ3) is 6.36. The van der Waals surface area contributed by atoms with Crippen molar-refractivity contribution < 1.29 is 14.3 Å². The number of hydrogen-bond donors (Lipinski definition) is 1. The molecule has 0 radical (unpaired) electrons. The number of halogens is 1. The number of carbonyl (C=O) groups excluding carboxylic acids is 1. The largest absolute Gasteiger partial charge is 0.493 e. The highest BCUT2D eigenvalue weighted by molar-refractivity contribution is 6.30. The molecular formula is C16H24ClNO3. The standard InChI is InChI=1S/C16H24ClNO3/c1-4-9-18-12(2)14-11-13(17)7-8-15(14)21-10-5-6-16(19)20-3/h7-8,11-12,18H,4-6,9-10H2,1-3H3. The van der Waals surface area contributed by atoms with Crippen molar-refractivity contribution in [3.05, 3.63) is 28.8 Å². The Balaban J connectivity index is 2.61. The summed E-state index contributed by atoms with van der Waals surface area (Å²) >= 11 is 6.07. The Morgan fingerprint density at radius 2 is 2.19 bits per heavy atom. The highest BCUT2D eigenvalue weighted by Crippen LogP contribution is 2.28. The number of ether oxygens (including phenoxy) is 2. The molecule has 0 heterocycles. The summed E-state index contributed by atoms with van der Waals surface area (Å²) in [6.45, 7) is 5.63. The van der Waals surface area contributed by atoms with Crippen molar-refractivity contribution in [2.75, 3.05) is 20.3 Å². The van der Waals surface area contributed by atoms with E-state index in [1.807, 2.05) is 18.2 Å². The van der Waals surface area contributed by atoms with Gasteiger partial charge in [-0.2, -0.15) is 0 Å². The summed E-state index contributed by atoms with van der Waals surface area (Å²) in [4.78, 5) is 11.1. The van der Waals surface area contributed by atoms with Crippen molar-refractivity contribution in [2.45, 2.75) is 39.2 Å². The maximum atomic E-state index is 11.1. The number of esters is 1. The minimum absolute atomic E-state index is 0.166. The van der Waals surface area contributed by atoms with Crippen LogP contribution < -0.4 is 10.1 Å². The topological polar surface area (TPSA) is 47.6 Å². The van der Waals surface area contributed by atoms with Gasteiger partial charge in [0.2, 0.25) is 0 Å². The molecule has 0 aliphatic carbocycles. The number of carbonyl (C=O) groups is 1. The lowest BCUT2D eigenvalue weighted by Gasteiger charge is -2.18. The van der Waals surface area contributed by atoms with Crippen LogP contribution in [-0.2, 0) is 9.53 Å². The molecule has 5 heteroatoms. The van der Waals surface area contributed by atoms with Crippen LogP contribution in [0.4, 0.5) is 0 Å². The Morgan fingerprint density at radius 1 is 1.43 bits per heavy atom. The zero-order valence-corrected chi connectivity index (χ0v) is 13.7. The van der Waals surface area contributed by atoms with Crippen LogP contribution >= 0.6 is 11.6 Å². The van der Waals surface area contributed by atoms with Gasteiger partial charge in [0.25, 0.3) is 0 Å². The summed E-state index contributed by atoms with van der Waals surface area (Å²) in [5.74, 6) is 0.591.